The Morgan fingerprint density at radius 1 is 0.604 bits per heavy atom. The molecule has 0 aliphatic rings. The first kappa shape index (κ1) is 48.1. The minimum absolute atomic E-state index is 0.0750. The highest BCUT2D eigenvalue weighted by Gasteiger charge is 2.49. The number of sulfone groups is 1. The lowest BCUT2D eigenvalue weighted by Crippen LogP contribution is -2.86. The summed E-state index contributed by atoms with van der Waals surface area (Å²) in [4.78, 5) is 12.6. The molecule has 0 fully saturated rings. The molecule has 33 heteroatoms. The summed E-state index contributed by atoms with van der Waals surface area (Å²) < 4.78 is 39.9. The van der Waals surface area contributed by atoms with Crippen molar-refractivity contribution in [1.82, 2.24) is 0 Å². The van der Waals surface area contributed by atoms with E-state index in [1.165, 1.54) is 42.5 Å². The predicted molar refractivity (Wildman–Crippen MR) is 252 cm³/mol. The van der Waals surface area contributed by atoms with Crippen LogP contribution in [-0.4, -0.2) is 199 Å². The second-order valence-corrected chi connectivity index (χ2v) is 15.2. The van der Waals surface area contributed by atoms with Gasteiger partial charge in [-0.05, 0) is 49.4 Å². The van der Waals surface area contributed by atoms with Gasteiger partial charge >= 0.3 is 0 Å². The third kappa shape index (κ3) is 13.0. The SMILES string of the molecule is Cc1ccc(S(=O)(=O)c2ccccc2C(=O)Nc2ccc(Cl)cc2F)cc1.[B]B([B])B(B([B])[B])B(B([B])[B])B(B(B([B])[B])B([B])[B])B(B([B])[B])B([B])[B]. The van der Waals surface area contributed by atoms with Gasteiger partial charge in [0.25, 0.3) is 5.91 Å². The van der Waals surface area contributed by atoms with Crippen molar-refractivity contribution in [2.45, 2.75) is 16.7 Å². The molecule has 28 radical (unpaired) electrons. The fraction of sp³-hybridized carbons (Fsp3) is 0.0500. The molecule has 216 valence electrons. The molecule has 0 atom stereocenters. The average Bonchev–Trinajstić information content (AvgIpc) is 3.03. The van der Waals surface area contributed by atoms with Gasteiger partial charge in [0.1, 0.15) is 5.82 Å². The molecule has 1 amide bonds. The van der Waals surface area contributed by atoms with Crippen LogP contribution in [0, 0.1) is 12.7 Å². The number of amides is 1. The Kier molecular flexibility index (Phi) is 19.5. The molecule has 0 bridgehead atoms. The molecule has 0 aliphatic heterocycles. The summed E-state index contributed by atoms with van der Waals surface area (Å²) in [6.45, 7) is 1.85. The molecule has 0 saturated carbocycles. The average molecular weight is 685 g/mol. The van der Waals surface area contributed by atoms with E-state index in [4.69, 9.17) is 120 Å². The quantitative estimate of drug-likeness (QED) is 0.163. The van der Waals surface area contributed by atoms with Crippen molar-refractivity contribution in [3.63, 3.8) is 0 Å². The molecule has 0 aliphatic carbocycles. The molecule has 0 heterocycles. The summed E-state index contributed by atoms with van der Waals surface area (Å²) >= 11 is 5.70. The van der Waals surface area contributed by atoms with Gasteiger partial charge in [-0.15, -0.1) is 0 Å². The molecule has 53 heavy (non-hydrogen) atoms. The van der Waals surface area contributed by atoms with Crippen LogP contribution in [0.1, 0.15) is 15.9 Å². The van der Waals surface area contributed by atoms with Crippen molar-refractivity contribution < 1.29 is 17.6 Å². The molecule has 3 aromatic rings. The molecule has 4 nitrogen and oxygen atoms in total. The summed E-state index contributed by atoms with van der Waals surface area (Å²) in [5.74, 6) is -1.45. The van der Waals surface area contributed by atoms with Crippen LogP contribution in [0.2, 0.25) is 5.02 Å². The van der Waals surface area contributed by atoms with Gasteiger partial charge in [0, 0.05) is 190 Å². The second-order valence-electron chi connectivity index (χ2n) is 12.8. The standard InChI is InChI=1S/C20H15ClFNO3S.B26/c1-13-6-9-15(10-7-13)27(25,26)19-5-3-2-4-16(19)20(24)23-18-11-8-14(21)12-17(18)22;1-15(2)22(16(3)4)25(21(13)14)26(23(17(5)6)18(7)8)24(19(9)10)20(11)12/h2-12H,1H3,(H,23,24);. The van der Waals surface area contributed by atoms with Gasteiger partial charge in [-0.25, -0.2) is 12.8 Å². The number of rotatable bonds is 15. The molecule has 3 aromatic carbocycles. The van der Waals surface area contributed by atoms with Crippen molar-refractivity contribution >= 4 is 218 Å². The van der Waals surface area contributed by atoms with E-state index in [2.05, 4.69) is 5.32 Å². The van der Waals surface area contributed by atoms with Crippen LogP contribution in [-0.2, 0) is 9.84 Å². The van der Waals surface area contributed by atoms with E-state index in [0.29, 0.717) is 0 Å². The Morgan fingerprint density at radius 2 is 1.02 bits per heavy atom. The van der Waals surface area contributed by atoms with Gasteiger partial charge in [0.2, 0.25) is 9.84 Å². The molecule has 0 spiro atoms. The minimum atomic E-state index is -3.92. The fourth-order valence-electron chi connectivity index (χ4n) is 6.36. The number of benzene rings is 3. The lowest BCUT2D eigenvalue weighted by molar-refractivity contribution is 0.102. The highest BCUT2D eigenvalue weighted by molar-refractivity contribution is 8.25. The number of hydrogen-bond donors (Lipinski definition) is 1. The number of carbonyl (C=O) groups excluding carboxylic acids is 1. The van der Waals surface area contributed by atoms with Crippen LogP contribution in [0.4, 0.5) is 10.1 Å². The number of halogens is 2. The lowest BCUT2D eigenvalue weighted by Gasteiger charge is -2.48. The number of nitrogens with one attached hydrogen (secondary N) is 1. The van der Waals surface area contributed by atoms with Gasteiger partial charge in [0.15, 0.2) is 0 Å². The number of anilines is 1. The molecule has 0 unspecified atom stereocenters. The number of hydrogen-bond acceptors (Lipinski definition) is 3. The molecule has 1 N–H and O–H groups in total. The van der Waals surface area contributed by atoms with E-state index in [9.17, 15) is 17.6 Å². The highest BCUT2D eigenvalue weighted by atomic mass is 35.5. The summed E-state index contributed by atoms with van der Waals surface area (Å²) in [6, 6.07) is 15.9. The van der Waals surface area contributed by atoms with E-state index >= 15 is 0 Å². The highest BCUT2D eigenvalue weighted by Crippen LogP contribution is 2.26. The summed E-state index contributed by atoms with van der Waals surface area (Å²) in [5, 5.41) is 2.58. The lowest BCUT2D eigenvalue weighted by atomic mass is 8.34. The van der Waals surface area contributed by atoms with Crippen LogP contribution in [0.5, 0.6) is 0 Å². The molecular formula is C20H15B26ClFNO3S. The molecule has 3 rings (SSSR count). The van der Waals surface area contributed by atoms with Crippen molar-refractivity contribution in [3.8, 4) is 0 Å². The Hall–Kier alpha value is -1.01. The van der Waals surface area contributed by atoms with E-state index in [0.717, 1.165) is 11.6 Å². The molecular weight excluding hydrogens is 670 g/mol. The number of aryl methyl sites for hydroxylation is 1. The van der Waals surface area contributed by atoms with Crippen LogP contribution in [0.25, 0.3) is 0 Å². The Balaban J connectivity index is 0.000000367. The largest absolute Gasteiger partial charge is 0.319 e. The van der Waals surface area contributed by atoms with Crippen molar-refractivity contribution in [3.05, 3.63) is 88.7 Å². The van der Waals surface area contributed by atoms with Crippen molar-refractivity contribution in [2.24, 2.45) is 0 Å². The minimum Gasteiger partial charge on any atom is -0.319 e. The fourth-order valence-corrected chi connectivity index (χ4v) is 7.98. The normalized spacial score (nSPS) is 10.3. The third-order valence-electron chi connectivity index (χ3n) is 8.82. The first-order valence-electron chi connectivity index (χ1n) is 16.3. The Morgan fingerprint density at radius 3 is 1.43 bits per heavy atom. The van der Waals surface area contributed by atoms with E-state index in [1.54, 1.807) is 18.2 Å². The summed E-state index contributed by atoms with van der Waals surface area (Å²) in [5.41, 5.74) is 0.748. The topological polar surface area (TPSA) is 63.2 Å². The van der Waals surface area contributed by atoms with E-state index in [-0.39, 0.29) is 26.1 Å². The zero-order valence-electron chi connectivity index (χ0n) is 29.3. The maximum atomic E-state index is 13.9. The van der Waals surface area contributed by atoms with Gasteiger partial charge in [-0.3, -0.25) is 4.79 Å². The third-order valence-corrected chi connectivity index (χ3v) is 10.9. The van der Waals surface area contributed by atoms with Crippen LogP contribution in [0.3, 0.4) is 0 Å². The maximum Gasteiger partial charge on any atom is 0.257 e. The summed E-state index contributed by atoms with van der Waals surface area (Å²) in [7, 11) is 78.9. The van der Waals surface area contributed by atoms with E-state index < -0.39 is 98.2 Å². The van der Waals surface area contributed by atoms with Gasteiger partial charge in [0.05, 0.1) is 21.0 Å². The van der Waals surface area contributed by atoms with Gasteiger partial charge in [-0.1, -0.05) is 41.4 Å². The first-order valence-corrected chi connectivity index (χ1v) is 18.2. The summed E-state index contributed by atoms with van der Waals surface area (Å²) in [6.07, 6.45) is -10.9. The Bertz CT molecular complexity index is 1700. The van der Waals surface area contributed by atoms with Crippen LogP contribution in [0.15, 0.2) is 76.5 Å². The number of carbonyl (C=O) groups is 1. The van der Waals surface area contributed by atoms with E-state index in [1.807, 2.05) is 6.92 Å². The van der Waals surface area contributed by atoms with Crippen molar-refractivity contribution in [1.29, 1.82) is 0 Å². The predicted octanol–water partition coefficient (Wildman–Crippen LogP) is -5.03. The van der Waals surface area contributed by atoms with Gasteiger partial charge < -0.3 is 5.32 Å². The second kappa shape index (κ2) is 21.5. The molecule has 0 aromatic heterocycles. The molecule has 0 saturated heterocycles. The van der Waals surface area contributed by atoms with Crippen LogP contribution >= 0.6 is 11.6 Å². The smallest absolute Gasteiger partial charge is 0.257 e. The maximum absolute atomic E-state index is 13.9. The van der Waals surface area contributed by atoms with Crippen LogP contribution < -0.4 is 5.32 Å². The Labute approximate surface area is 344 Å². The zero-order chi connectivity index (χ0) is 40.5. The van der Waals surface area contributed by atoms with Crippen molar-refractivity contribution in [2.75, 3.05) is 5.32 Å². The first-order chi connectivity index (χ1) is 24.5. The monoisotopic (exact) mass is 689 g/mol. The zero-order valence-corrected chi connectivity index (χ0v) is 30.8. The van der Waals surface area contributed by atoms with Gasteiger partial charge in [-0.2, -0.15) is 0 Å².